The van der Waals surface area contributed by atoms with Crippen LogP contribution in [0.15, 0.2) is 48.7 Å². The van der Waals surface area contributed by atoms with Crippen LogP contribution < -0.4 is 4.74 Å². The van der Waals surface area contributed by atoms with Crippen molar-refractivity contribution in [2.24, 2.45) is 0 Å². The van der Waals surface area contributed by atoms with Gasteiger partial charge in [-0.25, -0.2) is 4.98 Å². The molecule has 0 amide bonds. The lowest BCUT2D eigenvalue weighted by atomic mass is 10.3. The lowest BCUT2D eigenvalue weighted by Gasteiger charge is -2.06. The third-order valence-electron chi connectivity index (χ3n) is 1.93. The Balaban J connectivity index is 2.31. The van der Waals surface area contributed by atoms with E-state index in [1.807, 2.05) is 18.2 Å². The van der Waals surface area contributed by atoms with Crippen LogP contribution >= 0.6 is 11.6 Å². The summed E-state index contributed by atoms with van der Waals surface area (Å²) in [6.07, 6.45) is 1.49. The fourth-order valence-corrected chi connectivity index (χ4v) is 1.38. The molecule has 0 unspecified atom stereocenters. The SMILES string of the molecule is O=C(Cl)c1ncccc1Oc1ccccc1. The summed E-state index contributed by atoms with van der Waals surface area (Å²) >= 11 is 5.39. The highest BCUT2D eigenvalue weighted by molar-refractivity contribution is 6.67. The van der Waals surface area contributed by atoms with Crippen molar-refractivity contribution in [2.45, 2.75) is 0 Å². The predicted octanol–water partition coefficient (Wildman–Crippen LogP) is 3.25. The lowest BCUT2D eigenvalue weighted by molar-refractivity contribution is 0.107. The molecule has 80 valence electrons. The minimum Gasteiger partial charge on any atom is -0.455 e. The summed E-state index contributed by atoms with van der Waals surface area (Å²) in [7, 11) is 0. The molecule has 0 saturated heterocycles. The van der Waals surface area contributed by atoms with Crippen molar-refractivity contribution in [3.05, 3.63) is 54.4 Å². The Morgan fingerprint density at radius 3 is 2.56 bits per heavy atom. The van der Waals surface area contributed by atoms with Crippen LogP contribution in [0.3, 0.4) is 0 Å². The minimum absolute atomic E-state index is 0.119. The number of rotatable bonds is 3. The molecule has 1 heterocycles. The van der Waals surface area contributed by atoms with Crippen LogP contribution in [-0.2, 0) is 0 Å². The molecule has 4 heteroatoms. The van der Waals surface area contributed by atoms with Gasteiger partial charge in [-0.15, -0.1) is 0 Å². The molecule has 1 aromatic carbocycles. The lowest BCUT2D eigenvalue weighted by Crippen LogP contribution is -1.97. The van der Waals surface area contributed by atoms with Crippen LogP contribution in [0.25, 0.3) is 0 Å². The van der Waals surface area contributed by atoms with Crippen molar-refractivity contribution in [3.8, 4) is 11.5 Å². The summed E-state index contributed by atoms with van der Waals surface area (Å²) in [5.74, 6) is 0.989. The summed E-state index contributed by atoms with van der Waals surface area (Å²) < 4.78 is 5.50. The summed E-state index contributed by atoms with van der Waals surface area (Å²) in [4.78, 5) is 14.9. The third kappa shape index (κ3) is 2.38. The maximum absolute atomic E-state index is 11.1. The van der Waals surface area contributed by atoms with E-state index in [2.05, 4.69) is 4.98 Å². The summed E-state index contributed by atoms with van der Waals surface area (Å²) in [5.41, 5.74) is 0.119. The normalized spacial score (nSPS) is 9.81. The van der Waals surface area contributed by atoms with E-state index in [1.54, 1.807) is 24.3 Å². The zero-order chi connectivity index (χ0) is 11.4. The Bertz CT molecular complexity index is 499. The Labute approximate surface area is 97.7 Å². The number of hydrogen-bond acceptors (Lipinski definition) is 3. The van der Waals surface area contributed by atoms with Gasteiger partial charge in [-0.2, -0.15) is 0 Å². The maximum Gasteiger partial charge on any atom is 0.274 e. The molecule has 3 nitrogen and oxygen atoms in total. The van der Waals surface area contributed by atoms with Gasteiger partial charge < -0.3 is 4.74 Å². The van der Waals surface area contributed by atoms with Gasteiger partial charge in [0.2, 0.25) is 0 Å². The Morgan fingerprint density at radius 1 is 1.12 bits per heavy atom. The molecule has 0 N–H and O–H groups in total. The summed E-state index contributed by atoms with van der Waals surface area (Å²) in [6.45, 7) is 0. The topological polar surface area (TPSA) is 39.2 Å². The van der Waals surface area contributed by atoms with Crippen LogP contribution in [0.4, 0.5) is 0 Å². The van der Waals surface area contributed by atoms with E-state index in [4.69, 9.17) is 16.3 Å². The zero-order valence-corrected chi connectivity index (χ0v) is 9.02. The molecule has 0 aliphatic rings. The number of para-hydroxylation sites is 1. The molecule has 0 aliphatic heterocycles. The standard InChI is InChI=1S/C12H8ClNO2/c13-12(15)11-10(7-4-8-14-11)16-9-5-2-1-3-6-9/h1-8H. The number of aromatic nitrogens is 1. The Kier molecular flexibility index (Phi) is 3.17. The zero-order valence-electron chi connectivity index (χ0n) is 8.26. The Morgan fingerprint density at radius 2 is 1.88 bits per heavy atom. The van der Waals surface area contributed by atoms with Gasteiger partial charge in [0.05, 0.1) is 0 Å². The highest BCUT2D eigenvalue weighted by Crippen LogP contribution is 2.24. The largest absolute Gasteiger partial charge is 0.455 e. The molecule has 16 heavy (non-hydrogen) atoms. The molecule has 2 rings (SSSR count). The number of ether oxygens (including phenoxy) is 1. The molecule has 1 aromatic heterocycles. The smallest absolute Gasteiger partial charge is 0.274 e. The molecular formula is C12H8ClNO2. The molecule has 2 aromatic rings. The van der Waals surface area contributed by atoms with Crippen molar-refractivity contribution in [1.82, 2.24) is 4.98 Å². The van der Waals surface area contributed by atoms with Crippen LogP contribution in [-0.4, -0.2) is 10.2 Å². The van der Waals surface area contributed by atoms with Gasteiger partial charge in [-0.1, -0.05) is 18.2 Å². The second-order valence-corrected chi connectivity index (χ2v) is 3.38. The van der Waals surface area contributed by atoms with E-state index < -0.39 is 5.24 Å². The molecule has 0 fully saturated rings. The monoisotopic (exact) mass is 233 g/mol. The van der Waals surface area contributed by atoms with Crippen molar-refractivity contribution >= 4 is 16.8 Å². The average Bonchev–Trinajstić information content (AvgIpc) is 2.31. The quantitative estimate of drug-likeness (QED) is 0.764. The fraction of sp³-hybridized carbons (Fsp3) is 0. The third-order valence-corrected chi connectivity index (χ3v) is 2.11. The highest BCUT2D eigenvalue weighted by Gasteiger charge is 2.11. The number of carbonyl (C=O) groups is 1. The van der Waals surface area contributed by atoms with Crippen LogP contribution in [0, 0.1) is 0 Å². The molecular weight excluding hydrogens is 226 g/mol. The predicted molar refractivity (Wildman–Crippen MR) is 60.9 cm³/mol. The van der Waals surface area contributed by atoms with E-state index in [1.165, 1.54) is 6.20 Å². The van der Waals surface area contributed by atoms with Crippen molar-refractivity contribution in [2.75, 3.05) is 0 Å². The second-order valence-electron chi connectivity index (χ2n) is 3.04. The number of nitrogens with zero attached hydrogens (tertiary/aromatic N) is 1. The number of hydrogen-bond donors (Lipinski definition) is 0. The first-order valence-corrected chi connectivity index (χ1v) is 5.03. The van der Waals surface area contributed by atoms with Gasteiger partial charge in [0.15, 0.2) is 11.4 Å². The van der Waals surface area contributed by atoms with Crippen molar-refractivity contribution in [1.29, 1.82) is 0 Å². The highest BCUT2D eigenvalue weighted by atomic mass is 35.5. The Hall–Kier alpha value is -1.87. The van der Waals surface area contributed by atoms with Gasteiger partial charge >= 0.3 is 0 Å². The van der Waals surface area contributed by atoms with Gasteiger partial charge in [0.25, 0.3) is 5.24 Å². The molecule has 0 aliphatic carbocycles. The molecule has 0 radical (unpaired) electrons. The van der Waals surface area contributed by atoms with Gasteiger partial charge in [0.1, 0.15) is 5.75 Å². The average molecular weight is 234 g/mol. The number of benzene rings is 1. The van der Waals surface area contributed by atoms with Gasteiger partial charge in [-0.3, -0.25) is 4.79 Å². The van der Waals surface area contributed by atoms with Crippen LogP contribution in [0.2, 0.25) is 0 Å². The van der Waals surface area contributed by atoms with Crippen molar-refractivity contribution < 1.29 is 9.53 Å². The first-order chi connectivity index (χ1) is 7.77. The number of pyridine rings is 1. The molecule has 0 atom stereocenters. The van der Waals surface area contributed by atoms with E-state index in [9.17, 15) is 4.79 Å². The minimum atomic E-state index is -0.633. The van der Waals surface area contributed by atoms with E-state index in [-0.39, 0.29) is 5.69 Å². The number of halogens is 1. The number of carbonyl (C=O) groups excluding carboxylic acids is 1. The van der Waals surface area contributed by atoms with Gasteiger partial charge in [0, 0.05) is 6.20 Å². The molecule has 0 saturated carbocycles. The van der Waals surface area contributed by atoms with E-state index >= 15 is 0 Å². The maximum atomic E-state index is 11.1. The first-order valence-electron chi connectivity index (χ1n) is 4.65. The summed E-state index contributed by atoms with van der Waals surface area (Å²) in [5, 5.41) is -0.633. The second kappa shape index (κ2) is 4.77. The fourth-order valence-electron chi connectivity index (χ4n) is 1.24. The molecule has 0 bridgehead atoms. The van der Waals surface area contributed by atoms with E-state index in [0.717, 1.165) is 0 Å². The van der Waals surface area contributed by atoms with Gasteiger partial charge in [-0.05, 0) is 35.9 Å². The van der Waals surface area contributed by atoms with Crippen molar-refractivity contribution in [3.63, 3.8) is 0 Å². The van der Waals surface area contributed by atoms with Crippen LogP contribution in [0.1, 0.15) is 10.5 Å². The molecule has 0 spiro atoms. The summed E-state index contributed by atoms with van der Waals surface area (Å²) in [6, 6.07) is 12.5. The van der Waals surface area contributed by atoms with Crippen LogP contribution in [0.5, 0.6) is 11.5 Å². The first kappa shape index (κ1) is 10.6. The van der Waals surface area contributed by atoms with E-state index in [0.29, 0.717) is 11.5 Å².